The minimum atomic E-state index is -3.71. The van der Waals surface area contributed by atoms with Crippen molar-refractivity contribution >= 4 is 27.3 Å². The lowest BCUT2D eigenvalue weighted by atomic mass is 9.73. The second-order valence-corrected chi connectivity index (χ2v) is 8.09. The number of sulfonamides is 1. The zero-order valence-electron chi connectivity index (χ0n) is 11.8. The molecule has 1 atom stereocenters. The Hall–Kier alpha value is -0.780. The van der Waals surface area contributed by atoms with Crippen molar-refractivity contribution in [3.63, 3.8) is 0 Å². The SMILES string of the molecule is CC1(C)CCCCC1Nc1cc(S(N)(=O)=O)ccc1Cl. The lowest BCUT2D eigenvalue weighted by Gasteiger charge is -2.39. The molecular weight excluding hydrogens is 296 g/mol. The number of benzene rings is 1. The first kappa shape index (κ1) is 15.6. The molecule has 3 N–H and O–H groups in total. The van der Waals surface area contributed by atoms with Crippen molar-refractivity contribution in [2.45, 2.75) is 50.5 Å². The van der Waals surface area contributed by atoms with E-state index in [-0.39, 0.29) is 16.4 Å². The molecule has 0 aliphatic heterocycles. The summed E-state index contributed by atoms with van der Waals surface area (Å²) in [5.74, 6) is 0. The minimum absolute atomic E-state index is 0.0815. The van der Waals surface area contributed by atoms with Crippen LogP contribution in [0.4, 0.5) is 5.69 Å². The lowest BCUT2D eigenvalue weighted by molar-refractivity contribution is 0.217. The second kappa shape index (κ2) is 5.54. The number of nitrogens with one attached hydrogen (secondary N) is 1. The Balaban J connectivity index is 2.29. The Morgan fingerprint density at radius 3 is 2.65 bits per heavy atom. The summed E-state index contributed by atoms with van der Waals surface area (Å²) in [6.45, 7) is 4.45. The van der Waals surface area contributed by atoms with E-state index < -0.39 is 10.0 Å². The predicted molar refractivity (Wildman–Crippen MR) is 82.5 cm³/mol. The van der Waals surface area contributed by atoms with E-state index in [2.05, 4.69) is 19.2 Å². The summed E-state index contributed by atoms with van der Waals surface area (Å²) in [5, 5.41) is 9.08. The smallest absolute Gasteiger partial charge is 0.238 e. The molecule has 112 valence electrons. The van der Waals surface area contributed by atoms with Gasteiger partial charge in [-0.3, -0.25) is 0 Å². The van der Waals surface area contributed by atoms with Crippen molar-refractivity contribution in [3.8, 4) is 0 Å². The van der Waals surface area contributed by atoms with E-state index in [1.165, 1.54) is 25.0 Å². The second-order valence-electron chi connectivity index (χ2n) is 6.12. The molecule has 1 aromatic rings. The molecule has 0 bridgehead atoms. The van der Waals surface area contributed by atoms with Gasteiger partial charge in [0.1, 0.15) is 0 Å². The van der Waals surface area contributed by atoms with Crippen LogP contribution in [0.3, 0.4) is 0 Å². The van der Waals surface area contributed by atoms with Crippen LogP contribution in [-0.2, 0) is 10.0 Å². The first-order valence-electron chi connectivity index (χ1n) is 6.79. The maximum absolute atomic E-state index is 11.4. The maximum atomic E-state index is 11.4. The Morgan fingerprint density at radius 1 is 1.35 bits per heavy atom. The van der Waals surface area contributed by atoms with Crippen LogP contribution in [0.5, 0.6) is 0 Å². The van der Waals surface area contributed by atoms with E-state index in [9.17, 15) is 8.42 Å². The monoisotopic (exact) mass is 316 g/mol. The molecule has 0 radical (unpaired) electrons. The zero-order valence-corrected chi connectivity index (χ0v) is 13.4. The van der Waals surface area contributed by atoms with Gasteiger partial charge < -0.3 is 5.32 Å². The molecule has 0 aromatic heterocycles. The Labute approximate surface area is 125 Å². The molecule has 1 aliphatic carbocycles. The summed E-state index contributed by atoms with van der Waals surface area (Å²) in [4.78, 5) is 0.0815. The highest BCUT2D eigenvalue weighted by molar-refractivity contribution is 7.89. The summed E-state index contributed by atoms with van der Waals surface area (Å²) in [5.41, 5.74) is 0.803. The van der Waals surface area contributed by atoms with E-state index in [1.54, 1.807) is 6.07 Å². The summed E-state index contributed by atoms with van der Waals surface area (Å²) in [6, 6.07) is 4.79. The fourth-order valence-corrected chi connectivity index (χ4v) is 3.45. The van der Waals surface area contributed by atoms with Gasteiger partial charge in [0, 0.05) is 6.04 Å². The molecule has 1 unspecified atom stereocenters. The molecule has 1 aromatic carbocycles. The fraction of sp³-hybridized carbons (Fsp3) is 0.571. The average molecular weight is 317 g/mol. The summed E-state index contributed by atoms with van der Waals surface area (Å²) < 4.78 is 22.8. The van der Waals surface area contributed by atoms with Crippen molar-refractivity contribution in [1.82, 2.24) is 0 Å². The fourth-order valence-electron chi connectivity index (χ4n) is 2.74. The van der Waals surface area contributed by atoms with E-state index in [0.29, 0.717) is 10.7 Å². The molecule has 2 rings (SSSR count). The molecular formula is C14H21ClN2O2S. The van der Waals surface area contributed by atoms with Gasteiger partial charge in [0.25, 0.3) is 0 Å². The van der Waals surface area contributed by atoms with Gasteiger partial charge in [-0.1, -0.05) is 38.3 Å². The number of nitrogens with two attached hydrogens (primary N) is 1. The van der Waals surface area contributed by atoms with Gasteiger partial charge in [-0.25, -0.2) is 13.6 Å². The van der Waals surface area contributed by atoms with Gasteiger partial charge in [-0.2, -0.15) is 0 Å². The van der Waals surface area contributed by atoms with Gasteiger partial charge in [0.15, 0.2) is 0 Å². The van der Waals surface area contributed by atoms with E-state index in [1.807, 2.05) is 0 Å². The third-order valence-electron chi connectivity index (χ3n) is 4.10. The number of hydrogen-bond acceptors (Lipinski definition) is 3. The van der Waals surface area contributed by atoms with Gasteiger partial charge in [0.05, 0.1) is 15.6 Å². The highest BCUT2D eigenvalue weighted by atomic mass is 35.5. The molecule has 1 aliphatic rings. The molecule has 4 nitrogen and oxygen atoms in total. The van der Waals surface area contributed by atoms with E-state index in [4.69, 9.17) is 16.7 Å². The van der Waals surface area contributed by atoms with Crippen molar-refractivity contribution in [2.24, 2.45) is 10.6 Å². The third-order valence-corrected chi connectivity index (χ3v) is 5.34. The molecule has 1 saturated carbocycles. The topological polar surface area (TPSA) is 72.2 Å². The zero-order chi connectivity index (χ0) is 15.0. The number of rotatable bonds is 3. The minimum Gasteiger partial charge on any atom is -0.381 e. The number of primary sulfonamides is 1. The first-order valence-corrected chi connectivity index (χ1v) is 8.71. The van der Waals surface area contributed by atoms with E-state index in [0.717, 1.165) is 12.8 Å². The van der Waals surface area contributed by atoms with Crippen LogP contribution in [0.15, 0.2) is 23.1 Å². The molecule has 6 heteroatoms. The number of anilines is 1. The number of halogens is 1. The summed E-state index contributed by atoms with van der Waals surface area (Å²) >= 11 is 6.16. The van der Waals surface area contributed by atoms with Crippen molar-refractivity contribution < 1.29 is 8.42 Å². The van der Waals surface area contributed by atoms with Gasteiger partial charge in [0.2, 0.25) is 10.0 Å². The van der Waals surface area contributed by atoms with Crippen molar-refractivity contribution in [3.05, 3.63) is 23.2 Å². The average Bonchev–Trinajstić information content (AvgIpc) is 2.32. The van der Waals surface area contributed by atoms with Gasteiger partial charge in [-0.15, -0.1) is 0 Å². The molecule has 0 heterocycles. The van der Waals surface area contributed by atoms with Gasteiger partial charge >= 0.3 is 0 Å². The standard InChI is InChI=1S/C14H21ClN2O2S/c1-14(2)8-4-3-5-13(14)17-12-9-10(20(16,18)19)6-7-11(12)15/h6-7,9,13,17H,3-5,8H2,1-2H3,(H2,16,18,19). The molecule has 0 amide bonds. The largest absolute Gasteiger partial charge is 0.381 e. The molecule has 0 spiro atoms. The van der Waals surface area contributed by atoms with Crippen LogP contribution in [0.25, 0.3) is 0 Å². The Morgan fingerprint density at radius 2 is 2.05 bits per heavy atom. The van der Waals surface area contributed by atoms with Crippen LogP contribution < -0.4 is 10.5 Å². The predicted octanol–water partition coefficient (Wildman–Crippen LogP) is 3.37. The van der Waals surface area contributed by atoms with Crippen LogP contribution in [0.1, 0.15) is 39.5 Å². The first-order chi connectivity index (χ1) is 9.20. The van der Waals surface area contributed by atoms with Crippen LogP contribution in [0.2, 0.25) is 5.02 Å². The van der Waals surface area contributed by atoms with Crippen LogP contribution in [-0.4, -0.2) is 14.5 Å². The highest BCUT2D eigenvalue weighted by Crippen LogP contribution is 2.38. The van der Waals surface area contributed by atoms with Crippen LogP contribution >= 0.6 is 11.6 Å². The molecule has 1 fully saturated rings. The number of hydrogen-bond donors (Lipinski definition) is 2. The molecule has 20 heavy (non-hydrogen) atoms. The highest BCUT2D eigenvalue weighted by Gasteiger charge is 2.32. The Kier molecular flexibility index (Phi) is 4.33. The van der Waals surface area contributed by atoms with E-state index >= 15 is 0 Å². The normalized spacial score (nSPS) is 22.5. The third kappa shape index (κ3) is 3.45. The quantitative estimate of drug-likeness (QED) is 0.898. The van der Waals surface area contributed by atoms with Gasteiger partial charge in [-0.05, 0) is 36.5 Å². The van der Waals surface area contributed by atoms with Crippen LogP contribution in [0, 0.1) is 5.41 Å². The lowest BCUT2D eigenvalue weighted by Crippen LogP contribution is -2.39. The summed E-state index contributed by atoms with van der Waals surface area (Å²) in [7, 11) is -3.71. The van der Waals surface area contributed by atoms with Crippen molar-refractivity contribution in [1.29, 1.82) is 0 Å². The Bertz CT molecular complexity index is 599. The maximum Gasteiger partial charge on any atom is 0.238 e. The molecule has 0 saturated heterocycles. The van der Waals surface area contributed by atoms with Crippen molar-refractivity contribution in [2.75, 3.05) is 5.32 Å². The summed E-state index contributed by atoms with van der Waals surface area (Å²) in [6.07, 6.45) is 4.61.